The topological polar surface area (TPSA) is 78.9 Å². The summed E-state index contributed by atoms with van der Waals surface area (Å²) in [6.45, 7) is 11.5. The second-order valence-corrected chi connectivity index (χ2v) is 23.1. The normalized spacial score (nSPS) is 12.4. The van der Waals surface area contributed by atoms with Gasteiger partial charge in [-0.15, -0.1) is 0 Å². The third kappa shape index (κ3) is 57.5. The molecule has 0 bridgehead atoms. The Balaban J connectivity index is 4.23. The van der Waals surface area contributed by atoms with E-state index in [0.717, 1.165) is 69.6 Å². The highest BCUT2D eigenvalue weighted by Gasteiger charge is 2.19. The number of hydrogen-bond acceptors (Lipinski definition) is 6. The van der Waals surface area contributed by atoms with E-state index in [4.69, 9.17) is 14.2 Å². The second kappa shape index (κ2) is 57.7. The van der Waals surface area contributed by atoms with Gasteiger partial charge in [-0.3, -0.25) is 14.4 Å². The van der Waals surface area contributed by atoms with Crippen LogP contribution in [0.1, 0.15) is 369 Å². The monoisotopic (exact) mass is 1000 g/mol. The lowest BCUT2D eigenvalue weighted by atomic mass is 9.99. The van der Waals surface area contributed by atoms with Gasteiger partial charge in [-0.1, -0.05) is 330 Å². The predicted molar refractivity (Wildman–Crippen MR) is 307 cm³/mol. The van der Waals surface area contributed by atoms with E-state index in [1.807, 2.05) is 0 Å². The molecule has 0 N–H and O–H groups in total. The molecular formula is C65H126O6. The molecule has 6 heteroatoms. The van der Waals surface area contributed by atoms with Crippen LogP contribution < -0.4 is 0 Å². The van der Waals surface area contributed by atoms with Crippen molar-refractivity contribution in [1.82, 2.24) is 0 Å². The van der Waals surface area contributed by atoms with E-state index in [1.165, 1.54) is 257 Å². The van der Waals surface area contributed by atoms with Crippen LogP contribution in [0.15, 0.2) is 0 Å². The minimum atomic E-state index is -0.763. The van der Waals surface area contributed by atoms with Crippen molar-refractivity contribution in [3.63, 3.8) is 0 Å². The van der Waals surface area contributed by atoms with Gasteiger partial charge >= 0.3 is 17.9 Å². The predicted octanol–water partition coefficient (Wildman–Crippen LogP) is 21.6. The first-order chi connectivity index (χ1) is 34.8. The highest BCUT2D eigenvalue weighted by Crippen LogP contribution is 2.19. The molecule has 2 atom stereocenters. The number of carbonyl (C=O) groups excluding carboxylic acids is 3. The summed E-state index contributed by atoms with van der Waals surface area (Å²) in [6, 6.07) is 0. The van der Waals surface area contributed by atoms with Gasteiger partial charge < -0.3 is 14.2 Å². The van der Waals surface area contributed by atoms with Crippen LogP contribution in [0.5, 0.6) is 0 Å². The SMILES string of the molecule is CCCCCCCCCCCCCCCC(=O)O[C@@H](COC(=O)CCCCCCCCCCCCCCCCCCCCC(C)CC)COC(=O)CCCCCCCCCCCCCCCCCC(C)C. The quantitative estimate of drug-likeness (QED) is 0.0343. The van der Waals surface area contributed by atoms with E-state index in [-0.39, 0.29) is 31.1 Å². The molecule has 0 fully saturated rings. The number of ether oxygens (including phenoxy) is 3. The van der Waals surface area contributed by atoms with Crippen molar-refractivity contribution in [3.8, 4) is 0 Å². The van der Waals surface area contributed by atoms with Crippen molar-refractivity contribution in [2.45, 2.75) is 375 Å². The zero-order chi connectivity index (χ0) is 51.8. The van der Waals surface area contributed by atoms with Crippen LogP contribution in [0.2, 0.25) is 0 Å². The molecule has 422 valence electrons. The third-order valence-electron chi connectivity index (χ3n) is 15.3. The first-order valence-electron chi connectivity index (χ1n) is 32.3. The smallest absolute Gasteiger partial charge is 0.306 e. The standard InChI is InChI=1S/C65H126O6/c1-6-8-9-10-11-12-13-23-32-37-42-47-52-57-65(68)71-62(59-70-64(67)56-51-46-41-36-31-27-22-18-19-24-28-33-38-43-48-53-60(3)4)58-69-63(66)55-50-45-40-35-30-26-21-17-15-14-16-20-25-29-34-39-44-49-54-61(5)7-2/h60-62H,6-59H2,1-5H3/t61?,62-/m0/s1. The number of carbonyl (C=O) groups is 3. The summed E-state index contributed by atoms with van der Waals surface area (Å²) in [4.78, 5) is 38.3. The lowest BCUT2D eigenvalue weighted by Crippen LogP contribution is -2.30. The molecule has 0 aliphatic rings. The summed E-state index contributed by atoms with van der Waals surface area (Å²) in [7, 11) is 0. The molecule has 0 rings (SSSR count). The first kappa shape index (κ1) is 69.4. The van der Waals surface area contributed by atoms with Gasteiger partial charge in [-0.05, 0) is 31.1 Å². The van der Waals surface area contributed by atoms with Gasteiger partial charge in [0.1, 0.15) is 13.2 Å². The maximum atomic E-state index is 12.9. The first-order valence-corrected chi connectivity index (χ1v) is 32.3. The Morgan fingerprint density at radius 1 is 0.296 bits per heavy atom. The molecule has 0 saturated carbocycles. The van der Waals surface area contributed by atoms with Gasteiger partial charge in [0, 0.05) is 19.3 Å². The number of esters is 3. The molecule has 0 radical (unpaired) electrons. The molecule has 0 aromatic rings. The number of rotatable bonds is 59. The fraction of sp³-hybridized carbons (Fsp3) is 0.954. The van der Waals surface area contributed by atoms with Gasteiger partial charge in [-0.2, -0.15) is 0 Å². The third-order valence-corrected chi connectivity index (χ3v) is 15.3. The van der Waals surface area contributed by atoms with E-state index in [0.29, 0.717) is 19.3 Å². The summed E-state index contributed by atoms with van der Waals surface area (Å²) >= 11 is 0. The molecular weight excluding hydrogens is 877 g/mol. The highest BCUT2D eigenvalue weighted by molar-refractivity contribution is 5.71. The Morgan fingerprint density at radius 3 is 0.803 bits per heavy atom. The average Bonchev–Trinajstić information content (AvgIpc) is 3.36. The molecule has 0 amide bonds. The molecule has 0 saturated heterocycles. The lowest BCUT2D eigenvalue weighted by Gasteiger charge is -2.18. The number of unbranched alkanes of at least 4 members (excludes halogenated alkanes) is 43. The largest absolute Gasteiger partial charge is 0.462 e. The van der Waals surface area contributed by atoms with Crippen molar-refractivity contribution in [1.29, 1.82) is 0 Å². The van der Waals surface area contributed by atoms with Crippen molar-refractivity contribution in [2.75, 3.05) is 13.2 Å². The van der Waals surface area contributed by atoms with Gasteiger partial charge in [0.05, 0.1) is 0 Å². The van der Waals surface area contributed by atoms with Crippen molar-refractivity contribution < 1.29 is 28.6 Å². The lowest BCUT2D eigenvalue weighted by molar-refractivity contribution is -0.167. The Morgan fingerprint density at radius 2 is 0.535 bits per heavy atom. The van der Waals surface area contributed by atoms with Crippen LogP contribution >= 0.6 is 0 Å². The van der Waals surface area contributed by atoms with Gasteiger partial charge in [0.2, 0.25) is 0 Å². The molecule has 0 aromatic carbocycles. The molecule has 0 heterocycles. The van der Waals surface area contributed by atoms with Crippen LogP contribution in [-0.4, -0.2) is 37.2 Å². The van der Waals surface area contributed by atoms with E-state index in [9.17, 15) is 14.4 Å². The summed E-state index contributed by atoms with van der Waals surface area (Å²) in [5.74, 6) is 0.928. The Labute approximate surface area is 444 Å². The van der Waals surface area contributed by atoms with Crippen LogP contribution in [0.25, 0.3) is 0 Å². The van der Waals surface area contributed by atoms with Crippen LogP contribution in [0.3, 0.4) is 0 Å². The van der Waals surface area contributed by atoms with Gasteiger partial charge in [0.25, 0.3) is 0 Å². The maximum Gasteiger partial charge on any atom is 0.306 e. The molecule has 0 aliphatic carbocycles. The molecule has 0 spiro atoms. The van der Waals surface area contributed by atoms with Crippen LogP contribution in [-0.2, 0) is 28.6 Å². The molecule has 0 aromatic heterocycles. The van der Waals surface area contributed by atoms with Gasteiger partial charge in [-0.25, -0.2) is 0 Å². The minimum Gasteiger partial charge on any atom is -0.462 e. The Kier molecular flexibility index (Phi) is 56.4. The van der Waals surface area contributed by atoms with E-state index in [2.05, 4.69) is 34.6 Å². The second-order valence-electron chi connectivity index (χ2n) is 23.1. The highest BCUT2D eigenvalue weighted by atomic mass is 16.6. The summed E-state index contributed by atoms with van der Waals surface area (Å²) < 4.78 is 17.0. The molecule has 6 nitrogen and oxygen atoms in total. The van der Waals surface area contributed by atoms with Crippen LogP contribution in [0.4, 0.5) is 0 Å². The molecule has 0 aliphatic heterocycles. The minimum absolute atomic E-state index is 0.0617. The molecule has 1 unspecified atom stereocenters. The van der Waals surface area contributed by atoms with E-state index in [1.54, 1.807) is 0 Å². The van der Waals surface area contributed by atoms with Crippen molar-refractivity contribution in [2.24, 2.45) is 11.8 Å². The van der Waals surface area contributed by atoms with E-state index >= 15 is 0 Å². The fourth-order valence-corrected chi connectivity index (χ4v) is 10.1. The Bertz CT molecular complexity index is 1090. The zero-order valence-corrected chi connectivity index (χ0v) is 48.9. The number of hydrogen-bond donors (Lipinski definition) is 0. The van der Waals surface area contributed by atoms with Crippen LogP contribution in [0, 0.1) is 11.8 Å². The fourth-order valence-electron chi connectivity index (χ4n) is 10.1. The zero-order valence-electron chi connectivity index (χ0n) is 48.9. The Hall–Kier alpha value is -1.59. The van der Waals surface area contributed by atoms with Gasteiger partial charge in [0.15, 0.2) is 6.10 Å². The van der Waals surface area contributed by atoms with Crippen molar-refractivity contribution >= 4 is 17.9 Å². The maximum absolute atomic E-state index is 12.9. The molecule has 71 heavy (non-hydrogen) atoms. The summed E-state index contributed by atoms with van der Waals surface area (Å²) in [5.41, 5.74) is 0. The van der Waals surface area contributed by atoms with Crippen molar-refractivity contribution in [3.05, 3.63) is 0 Å². The summed E-state index contributed by atoms with van der Waals surface area (Å²) in [5, 5.41) is 0. The average molecular weight is 1000 g/mol. The summed E-state index contributed by atoms with van der Waals surface area (Å²) in [6.07, 6.45) is 63.8. The van der Waals surface area contributed by atoms with E-state index < -0.39 is 6.10 Å².